The van der Waals surface area contributed by atoms with Gasteiger partial charge in [-0.05, 0) is 42.7 Å². The lowest BCUT2D eigenvalue weighted by molar-refractivity contribution is -0.150. The van der Waals surface area contributed by atoms with Gasteiger partial charge in [0.05, 0.1) is 13.2 Å². The summed E-state index contributed by atoms with van der Waals surface area (Å²) in [4.78, 5) is 24.1. The summed E-state index contributed by atoms with van der Waals surface area (Å²) in [6, 6.07) is 15.3. The van der Waals surface area contributed by atoms with E-state index in [-0.39, 0.29) is 5.91 Å². The van der Waals surface area contributed by atoms with E-state index in [0.29, 0.717) is 31.3 Å². The van der Waals surface area contributed by atoms with Crippen molar-refractivity contribution in [3.63, 3.8) is 0 Å². The molecule has 1 atom stereocenters. The fraction of sp³-hybridized carbons (Fsp3) is 0.304. The molecule has 152 valence electrons. The van der Waals surface area contributed by atoms with Crippen LogP contribution in [0.4, 0.5) is 0 Å². The standard InChI is InChI=1S/C23H25NO5/c1-17(23(26)24-13-12-18-6-3-2-4-7-18)29-22(25)11-9-19-8-10-20-21(16-19)28-15-5-14-27-20/h2-4,6-11,16-17H,5,12-15H2,1H3,(H,24,26)/b11-9+/t17-/m0/s1. The topological polar surface area (TPSA) is 73.9 Å². The molecule has 0 bridgehead atoms. The second-order valence-corrected chi connectivity index (χ2v) is 6.70. The maximum atomic E-state index is 12.1. The van der Waals surface area contributed by atoms with Crippen LogP contribution in [0.3, 0.4) is 0 Å². The zero-order valence-corrected chi connectivity index (χ0v) is 16.4. The summed E-state index contributed by atoms with van der Waals surface area (Å²) >= 11 is 0. The van der Waals surface area contributed by atoms with Crippen LogP contribution in [0.15, 0.2) is 54.6 Å². The molecule has 0 spiro atoms. The van der Waals surface area contributed by atoms with Gasteiger partial charge in [0.25, 0.3) is 5.91 Å². The quantitative estimate of drug-likeness (QED) is 0.576. The molecule has 1 aliphatic rings. The number of esters is 1. The van der Waals surface area contributed by atoms with Crippen LogP contribution in [0, 0.1) is 0 Å². The lowest BCUT2D eigenvalue weighted by Crippen LogP contribution is -2.36. The number of carbonyl (C=O) groups excluding carboxylic acids is 2. The monoisotopic (exact) mass is 395 g/mol. The molecule has 1 heterocycles. The van der Waals surface area contributed by atoms with Crippen LogP contribution in [0.25, 0.3) is 6.08 Å². The molecule has 1 amide bonds. The Labute approximate surface area is 170 Å². The SMILES string of the molecule is C[C@H](OC(=O)/C=C/c1ccc2c(c1)OCCCO2)C(=O)NCCc1ccccc1. The van der Waals surface area contributed by atoms with Gasteiger partial charge in [0, 0.05) is 19.0 Å². The van der Waals surface area contributed by atoms with Gasteiger partial charge in [0.15, 0.2) is 17.6 Å². The van der Waals surface area contributed by atoms with Crippen molar-refractivity contribution in [1.82, 2.24) is 5.32 Å². The number of amides is 1. The number of nitrogens with one attached hydrogen (secondary N) is 1. The first-order valence-corrected chi connectivity index (χ1v) is 9.72. The first-order valence-electron chi connectivity index (χ1n) is 9.72. The Bertz CT molecular complexity index is 863. The predicted octanol–water partition coefficient (Wildman–Crippen LogP) is 3.15. The van der Waals surface area contributed by atoms with Crippen LogP contribution in [0.1, 0.15) is 24.5 Å². The number of benzene rings is 2. The van der Waals surface area contributed by atoms with E-state index in [1.807, 2.05) is 48.5 Å². The van der Waals surface area contributed by atoms with E-state index >= 15 is 0 Å². The second kappa shape index (κ2) is 10.3. The van der Waals surface area contributed by atoms with E-state index in [2.05, 4.69) is 5.32 Å². The number of carbonyl (C=O) groups is 2. The van der Waals surface area contributed by atoms with E-state index in [1.165, 1.54) is 6.08 Å². The first kappa shape index (κ1) is 20.5. The number of rotatable bonds is 7. The van der Waals surface area contributed by atoms with Crippen molar-refractivity contribution in [2.75, 3.05) is 19.8 Å². The Balaban J connectivity index is 1.45. The summed E-state index contributed by atoms with van der Waals surface area (Å²) in [6.45, 7) is 3.26. The molecule has 0 saturated carbocycles. The molecule has 0 aliphatic carbocycles. The van der Waals surface area contributed by atoms with Crippen molar-refractivity contribution in [1.29, 1.82) is 0 Å². The number of ether oxygens (including phenoxy) is 3. The van der Waals surface area contributed by atoms with Crippen LogP contribution < -0.4 is 14.8 Å². The van der Waals surface area contributed by atoms with Crippen molar-refractivity contribution in [2.24, 2.45) is 0 Å². The molecule has 29 heavy (non-hydrogen) atoms. The van der Waals surface area contributed by atoms with Crippen molar-refractivity contribution in [3.8, 4) is 11.5 Å². The molecule has 0 radical (unpaired) electrons. The smallest absolute Gasteiger partial charge is 0.331 e. The Kier molecular flexibility index (Phi) is 7.28. The van der Waals surface area contributed by atoms with E-state index in [1.54, 1.807) is 13.0 Å². The summed E-state index contributed by atoms with van der Waals surface area (Å²) in [5.41, 5.74) is 1.92. The van der Waals surface area contributed by atoms with Gasteiger partial charge in [-0.3, -0.25) is 4.79 Å². The highest BCUT2D eigenvalue weighted by Crippen LogP contribution is 2.30. The molecular weight excluding hydrogens is 370 g/mol. The molecule has 1 N–H and O–H groups in total. The fourth-order valence-corrected chi connectivity index (χ4v) is 2.83. The van der Waals surface area contributed by atoms with Gasteiger partial charge in [-0.15, -0.1) is 0 Å². The molecule has 0 aromatic heterocycles. The largest absolute Gasteiger partial charge is 0.490 e. The highest BCUT2D eigenvalue weighted by molar-refractivity contribution is 5.90. The van der Waals surface area contributed by atoms with Crippen LogP contribution in [0.2, 0.25) is 0 Å². The molecule has 2 aromatic rings. The lowest BCUT2D eigenvalue weighted by atomic mass is 10.1. The minimum absolute atomic E-state index is 0.321. The van der Waals surface area contributed by atoms with Crippen LogP contribution in [-0.4, -0.2) is 37.7 Å². The van der Waals surface area contributed by atoms with Gasteiger partial charge in [-0.1, -0.05) is 36.4 Å². The first-order chi connectivity index (χ1) is 14.1. The van der Waals surface area contributed by atoms with Gasteiger partial charge in [-0.2, -0.15) is 0 Å². The summed E-state index contributed by atoms with van der Waals surface area (Å²) < 4.78 is 16.4. The summed E-state index contributed by atoms with van der Waals surface area (Å²) in [5.74, 6) is 0.452. The zero-order valence-electron chi connectivity index (χ0n) is 16.4. The number of hydrogen-bond acceptors (Lipinski definition) is 5. The molecule has 3 rings (SSSR count). The summed E-state index contributed by atoms with van der Waals surface area (Å²) in [7, 11) is 0. The second-order valence-electron chi connectivity index (χ2n) is 6.70. The third kappa shape index (κ3) is 6.38. The Hall–Kier alpha value is -3.28. The van der Waals surface area contributed by atoms with Crippen molar-refractivity contribution in [3.05, 3.63) is 65.7 Å². The summed E-state index contributed by atoms with van der Waals surface area (Å²) in [5, 5.41) is 2.78. The average molecular weight is 395 g/mol. The van der Waals surface area contributed by atoms with Gasteiger partial charge in [-0.25, -0.2) is 4.79 Å². The number of fused-ring (bicyclic) bond motifs is 1. The Morgan fingerprint density at radius 1 is 1.10 bits per heavy atom. The molecule has 6 nitrogen and oxygen atoms in total. The van der Waals surface area contributed by atoms with Crippen LogP contribution in [0.5, 0.6) is 11.5 Å². The lowest BCUT2D eigenvalue weighted by Gasteiger charge is -2.12. The fourth-order valence-electron chi connectivity index (χ4n) is 2.83. The van der Waals surface area contributed by atoms with Gasteiger partial charge >= 0.3 is 5.97 Å². The summed E-state index contributed by atoms with van der Waals surface area (Å²) in [6.07, 6.45) is 3.60. The third-order valence-corrected chi connectivity index (χ3v) is 4.40. The van der Waals surface area contributed by atoms with Crippen LogP contribution in [-0.2, 0) is 20.7 Å². The van der Waals surface area contributed by atoms with Crippen molar-refractivity contribution in [2.45, 2.75) is 25.9 Å². The molecule has 6 heteroatoms. The maximum absolute atomic E-state index is 12.1. The molecule has 1 aliphatic heterocycles. The molecular formula is C23H25NO5. The van der Waals surface area contributed by atoms with E-state index in [0.717, 1.165) is 24.0 Å². The highest BCUT2D eigenvalue weighted by Gasteiger charge is 2.16. The predicted molar refractivity (Wildman–Crippen MR) is 110 cm³/mol. The minimum Gasteiger partial charge on any atom is -0.490 e. The van der Waals surface area contributed by atoms with E-state index in [4.69, 9.17) is 14.2 Å². The zero-order chi connectivity index (χ0) is 20.5. The highest BCUT2D eigenvalue weighted by atomic mass is 16.5. The number of hydrogen-bond donors (Lipinski definition) is 1. The van der Waals surface area contributed by atoms with Gasteiger partial charge < -0.3 is 19.5 Å². The van der Waals surface area contributed by atoms with Crippen molar-refractivity contribution < 1.29 is 23.8 Å². The van der Waals surface area contributed by atoms with Crippen molar-refractivity contribution >= 4 is 18.0 Å². The molecule has 0 saturated heterocycles. The molecule has 2 aromatic carbocycles. The maximum Gasteiger partial charge on any atom is 0.331 e. The van der Waals surface area contributed by atoms with Gasteiger partial charge in [0.1, 0.15) is 0 Å². The molecule has 0 fully saturated rings. The van der Waals surface area contributed by atoms with E-state index < -0.39 is 12.1 Å². The third-order valence-electron chi connectivity index (χ3n) is 4.40. The van der Waals surface area contributed by atoms with Gasteiger partial charge in [0.2, 0.25) is 0 Å². The Morgan fingerprint density at radius 3 is 2.66 bits per heavy atom. The van der Waals surface area contributed by atoms with Crippen LogP contribution >= 0.6 is 0 Å². The van der Waals surface area contributed by atoms with E-state index in [9.17, 15) is 9.59 Å². The molecule has 0 unspecified atom stereocenters. The minimum atomic E-state index is -0.869. The normalized spacial score (nSPS) is 14.1. The Morgan fingerprint density at radius 2 is 1.86 bits per heavy atom. The average Bonchev–Trinajstić information content (AvgIpc) is 2.98.